The molecule has 0 saturated heterocycles. The van der Waals surface area contributed by atoms with Gasteiger partial charge in [0.25, 0.3) is 0 Å². The van der Waals surface area contributed by atoms with Crippen LogP contribution in [0.3, 0.4) is 0 Å². The highest BCUT2D eigenvalue weighted by molar-refractivity contribution is 5.87. The zero-order chi connectivity index (χ0) is 15.1. The molecular weight excluding hydrogens is 259 g/mol. The number of amides is 2. The van der Waals surface area contributed by atoms with Crippen LogP contribution in [0, 0.1) is 5.82 Å². The van der Waals surface area contributed by atoms with Crippen LogP contribution in [0.15, 0.2) is 35.9 Å². The number of benzene rings is 1. The minimum Gasteiger partial charge on any atom is -0.368 e. The van der Waals surface area contributed by atoms with Crippen LogP contribution in [0.1, 0.15) is 25.8 Å². The van der Waals surface area contributed by atoms with Gasteiger partial charge in [-0.15, -0.1) is 0 Å². The monoisotopic (exact) mass is 278 g/mol. The maximum absolute atomic E-state index is 13.0. The van der Waals surface area contributed by atoms with E-state index in [0.29, 0.717) is 12.0 Å². The number of allylic oxidation sites excluding steroid dienone is 1. The van der Waals surface area contributed by atoms with Gasteiger partial charge in [0.15, 0.2) is 0 Å². The summed E-state index contributed by atoms with van der Waals surface area (Å²) < 4.78 is 13.0. The molecule has 0 spiro atoms. The summed E-state index contributed by atoms with van der Waals surface area (Å²) in [4.78, 5) is 23.1. The van der Waals surface area contributed by atoms with Crippen molar-refractivity contribution in [2.45, 2.75) is 32.7 Å². The van der Waals surface area contributed by atoms with Crippen molar-refractivity contribution < 1.29 is 14.0 Å². The third-order valence-electron chi connectivity index (χ3n) is 2.69. The van der Waals surface area contributed by atoms with Gasteiger partial charge < -0.3 is 11.1 Å². The summed E-state index contributed by atoms with van der Waals surface area (Å²) in [6, 6.07) is 5.04. The normalized spacial score (nSPS) is 11.6. The fraction of sp³-hybridized carbons (Fsp3) is 0.333. The Kier molecular flexibility index (Phi) is 5.90. The van der Waals surface area contributed by atoms with E-state index in [1.165, 1.54) is 18.2 Å². The molecule has 0 unspecified atom stereocenters. The van der Waals surface area contributed by atoms with Crippen LogP contribution >= 0.6 is 0 Å². The summed E-state index contributed by atoms with van der Waals surface area (Å²) in [6.07, 6.45) is 2.20. The Balaban J connectivity index is 2.62. The van der Waals surface area contributed by atoms with Gasteiger partial charge in [-0.25, -0.2) is 4.39 Å². The lowest BCUT2D eigenvalue weighted by molar-refractivity contribution is -0.126. The molecule has 1 aromatic carbocycles. The standard InChI is InChI=1S/C15H19FN2O2/c1-10(2)6-7-13(15(17)20)18-14(19)9-11-4-3-5-12(16)8-11/h3-6,8,13H,7,9H2,1-2H3,(H2,17,20)(H,18,19)/t13-/m0/s1. The molecule has 0 fully saturated rings. The Morgan fingerprint density at radius 3 is 2.65 bits per heavy atom. The Bertz CT molecular complexity index is 522. The zero-order valence-corrected chi connectivity index (χ0v) is 11.7. The van der Waals surface area contributed by atoms with E-state index in [0.717, 1.165) is 5.57 Å². The number of carbonyl (C=O) groups excluding carboxylic acids is 2. The van der Waals surface area contributed by atoms with E-state index >= 15 is 0 Å². The second kappa shape index (κ2) is 7.43. The molecule has 0 bridgehead atoms. The van der Waals surface area contributed by atoms with Gasteiger partial charge in [-0.3, -0.25) is 9.59 Å². The van der Waals surface area contributed by atoms with Crippen molar-refractivity contribution in [2.75, 3.05) is 0 Å². The number of primary amides is 1. The largest absolute Gasteiger partial charge is 0.368 e. The molecule has 0 aliphatic heterocycles. The van der Waals surface area contributed by atoms with E-state index < -0.39 is 17.8 Å². The second-order valence-electron chi connectivity index (χ2n) is 4.85. The van der Waals surface area contributed by atoms with Gasteiger partial charge in [0.1, 0.15) is 11.9 Å². The second-order valence-corrected chi connectivity index (χ2v) is 4.85. The van der Waals surface area contributed by atoms with Gasteiger partial charge in [-0.2, -0.15) is 0 Å². The summed E-state index contributed by atoms with van der Waals surface area (Å²) >= 11 is 0. The van der Waals surface area contributed by atoms with Crippen LogP contribution in [0.25, 0.3) is 0 Å². The Morgan fingerprint density at radius 1 is 1.40 bits per heavy atom. The van der Waals surface area contributed by atoms with Crippen molar-refractivity contribution in [1.29, 1.82) is 0 Å². The van der Waals surface area contributed by atoms with Gasteiger partial charge in [0.2, 0.25) is 11.8 Å². The SMILES string of the molecule is CC(C)=CC[C@H](NC(=O)Cc1cccc(F)c1)C(N)=O. The first-order valence-electron chi connectivity index (χ1n) is 6.35. The molecule has 2 amide bonds. The fourth-order valence-electron chi connectivity index (χ4n) is 1.68. The molecule has 0 aliphatic carbocycles. The van der Waals surface area contributed by atoms with Gasteiger partial charge >= 0.3 is 0 Å². The lowest BCUT2D eigenvalue weighted by Crippen LogP contribution is -2.44. The van der Waals surface area contributed by atoms with Crippen LogP contribution in [-0.2, 0) is 16.0 Å². The molecule has 4 nitrogen and oxygen atoms in total. The third-order valence-corrected chi connectivity index (χ3v) is 2.69. The molecule has 0 saturated carbocycles. The Morgan fingerprint density at radius 2 is 2.10 bits per heavy atom. The predicted octanol–water partition coefficient (Wildman–Crippen LogP) is 1.69. The molecule has 108 valence electrons. The molecule has 1 aromatic rings. The van der Waals surface area contributed by atoms with Crippen molar-refractivity contribution in [1.82, 2.24) is 5.32 Å². The van der Waals surface area contributed by atoms with Crippen LogP contribution in [-0.4, -0.2) is 17.9 Å². The lowest BCUT2D eigenvalue weighted by atomic mass is 10.1. The average molecular weight is 278 g/mol. The van der Waals surface area contributed by atoms with Gasteiger partial charge in [0, 0.05) is 0 Å². The summed E-state index contributed by atoms with van der Waals surface area (Å²) in [5.41, 5.74) is 6.83. The summed E-state index contributed by atoms with van der Waals surface area (Å²) in [6.45, 7) is 3.79. The van der Waals surface area contributed by atoms with Crippen LogP contribution in [0.4, 0.5) is 4.39 Å². The molecular formula is C15H19FN2O2. The number of hydrogen-bond acceptors (Lipinski definition) is 2. The van der Waals surface area contributed by atoms with E-state index in [-0.39, 0.29) is 12.3 Å². The highest BCUT2D eigenvalue weighted by atomic mass is 19.1. The molecule has 1 rings (SSSR count). The van der Waals surface area contributed by atoms with Crippen molar-refractivity contribution in [2.24, 2.45) is 5.73 Å². The summed E-state index contributed by atoms with van der Waals surface area (Å²) in [7, 11) is 0. The van der Waals surface area contributed by atoms with Crippen LogP contribution in [0.5, 0.6) is 0 Å². The van der Waals surface area contributed by atoms with E-state index in [1.807, 2.05) is 19.9 Å². The lowest BCUT2D eigenvalue weighted by Gasteiger charge is -2.14. The molecule has 3 N–H and O–H groups in total. The van der Waals surface area contributed by atoms with Crippen LogP contribution < -0.4 is 11.1 Å². The molecule has 0 heterocycles. The molecule has 20 heavy (non-hydrogen) atoms. The summed E-state index contributed by atoms with van der Waals surface area (Å²) in [5.74, 6) is -1.34. The highest BCUT2D eigenvalue weighted by Gasteiger charge is 2.16. The molecule has 0 aromatic heterocycles. The first-order valence-corrected chi connectivity index (χ1v) is 6.35. The smallest absolute Gasteiger partial charge is 0.240 e. The number of halogens is 1. The van der Waals surface area contributed by atoms with Crippen molar-refractivity contribution in [3.05, 3.63) is 47.3 Å². The van der Waals surface area contributed by atoms with E-state index in [9.17, 15) is 14.0 Å². The van der Waals surface area contributed by atoms with E-state index in [4.69, 9.17) is 5.73 Å². The number of nitrogens with one attached hydrogen (secondary N) is 1. The minimum absolute atomic E-state index is 0.0103. The number of hydrogen-bond donors (Lipinski definition) is 2. The molecule has 0 aliphatic rings. The van der Waals surface area contributed by atoms with Crippen molar-refractivity contribution in [3.8, 4) is 0 Å². The van der Waals surface area contributed by atoms with E-state index in [2.05, 4.69) is 5.32 Å². The molecule has 0 radical (unpaired) electrons. The Labute approximate surface area is 117 Å². The predicted molar refractivity (Wildman–Crippen MR) is 75.3 cm³/mol. The van der Waals surface area contributed by atoms with Crippen molar-refractivity contribution in [3.63, 3.8) is 0 Å². The van der Waals surface area contributed by atoms with E-state index in [1.54, 1.807) is 6.07 Å². The number of carbonyl (C=O) groups is 2. The fourth-order valence-corrected chi connectivity index (χ4v) is 1.68. The first-order chi connectivity index (χ1) is 9.38. The van der Waals surface area contributed by atoms with Crippen LogP contribution in [0.2, 0.25) is 0 Å². The molecule has 5 heteroatoms. The zero-order valence-electron chi connectivity index (χ0n) is 11.7. The van der Waals surface area contributed by atoms with Gasteiger partial charge in [0.05, 0.1) is 6.42 Å². The summed E-state index contributed by atoms with van der Waals surface area (Å²) in [5, 5.41) is 2.56. The maximum atomic E-state index is 13.0. The molecule has 1 atom stereocenters. The van der Waals surface area contributed by atoms with Gasteiger partial charge in [-0.1, -0.05) is 23.8 Å². The number of rotatable bonds is 6. The first kappa shape index (κ1) is 15.9. The van der Waals surface area contributed by atoms with Crippen molar-refractivity contribution >= 4 is 11.8 Å². The third kappa shape index (κ3) is 5.65. The Hall–Kier alpha value is -2.17. The minimum atomic E-state index is -0.744. The maximum Gasteiger partial charge on any atom is 0.240 e. The average Bonchev–Trinajstić information content (AvgIpc) is 2.33. The topological polar surface area (TPSA) is 72.2 Å². The number of nitrogens with two attached hydrogens (primary N) is 1. The quantitative estimate of drug-likeness (QED) is 0.777. The van der Waals surface area contributed by atoms with Gasteiger partial charge in [-0.05, 0) is 38.0 Å². The highest BCUT2D eigenvalue weighted by Crippen LogP contribution is 2.05.